The molecule has 5 nitrogen and oxygen atoms in total. The smallest absolute Gasteiger partial charge is 0.258 e. The van der Waals surface area contributed by atoms with E-state index in [1.165, 1.54) is 12.8 Å². The van der Waals surface area contributed by atoms with Gasteiger partial charge in [0.25, 0.3) is 11.6 Å². The zero-order valence-electron chi connectivity index (χ0n) is 12.8. The first-order valence-corrected chi connectivity index (χ1v) is 7.82. The summed E-state index contributed by atoms with van der Waals surface area (Å²) in [5, 5.41) is 7.73. The molecular formula is C17H19N3O2. The highest BCUT2D eigenvalue weighted by Gasteiger charge is 2.35. The van der Waals surface area contributed by atoms with Gasteiger partial charge in [-0.15, -0.1) is 0 Å². The van der Waals surface area contributed by atoms with Gasteiger partial charge in [0.15, 0.2) is 0 Å². The number of pyridine rings is 1. The molecule has 0 saturated heterocycles. The van der Waals surface area contributed by atoms with Crippen molar-refractivity contribution in [1.29, 1.82) is 0 Å². The van der Waals surface area contributed by atoms with E-state index in [2.05, 4.69) is 27.6 Å². The fraction of sp³-hybridized carbons (Fsp3) is 0.471. The van der Waals surface area contributed by atoms with Crippen LogP contribution in [0.5, 0.6) is 0 Å². The summed E-state index contributed by atoms with van der Waals surface area (Å²) in [6.45, 7) is 4.42. The van der Waals surface area contributed by atoms with Crippen LogP contribution in [0.15, 0.2) is 22.7 Å². The molecule has 0 aliphatic heterocycles. The number of hydrogen-bond acceptors (Lipinski definition) is 4. The molecule has 1 saturated carbocycles. The van der Waals surface area contributed by atoms with Crippen LogP contribution in [0.1, 0.15) is 34.6 Å². The Balaban J connectivity index is 1.55. The zero-order chi connectivity index (χ0) is 15.3. The molecule has 1 fully saturated rings. The van der Waals surface area contributed by atoms with E-state index in [0.29, 0.717) is 28.8 Å². The standard InChI is InChI=1S/C17H19N3O2/c1-9-5-14(15-10(2)20-22-17(15)19-9)16(21)18-8-13-7-11-3-4-12(13)6-11/h3-5,11-13H,6-8H2,1-2H3,(H,18,21)/t11-,12+,13+/m1/s1. The Morgan fingerprint density at radius 2 is 2.23 bits per heavy atom. The number of nitrogens with zero attached hydrogens (tertiary/aromatic N) is 2. The lowest BCUT2D eigenvalue weighted by atomic mass is 9.93. The predicted octanol–water partition coefficient (Wildman–Crippen LogP) is 2.78. The average molecular weight is 297 g/mol. The largest absolute Gasteiger partial charge is 0.352 e. The monoisotopic (exact) mass is 297 g/mol. The second kappa shape index (κ2) is 4.93. The normalized spacial score (nSPS) is 26.0. The van der Waals surface area contributed by atoms with E-state index in [-0.39, 0.29) is 5.91 Å². The minimum absolute atomic E-state index is 0.0615. The first-order chi connectivity index (χ1) is 10.6. The molecule has 22 heavy (non-hydrogen) atoms. The third-order valence-electron chi connectivity index (χ3n) is 4.93. The van der Waals surface area contributed by atoms with Crippen molar-refractivity contribution in [2.75, 3.05) is 6.54 Å². The Bertz CT molecular complexity index is 778. The number of carbonyl (C=O) groups is 1. The maximum absolute atomic E-state index is 12.6. The quantitative estimate of drug-likeness (QED) is 0.885. The van der Waals surface area contributed by atoms with Crippen LogP contribution in [-0.4, -0.2) is 22.6 Å². The zero-order valence-corrected chi connectivity index (χ0v) is 12.8. The fourth-order valence-corrected chi connectivity index (χ4v) is 3.85. The number of aromatic nitrogens is 2. The van der Waals surface area contributed by atoms with Crippen molar-refractivity contribution in [3.63, 3.8) is 0 Å². The number of nitrogens with one attached hydrogen (secondary N) is 1. The molecule has 0 radical (unpaired) electrons. The Hall–Kier alpha value is -2.17. The SMILES string of the molecule is Cc1cc(C(=O)NC[C@@H]2C[C@@H]3C=C[C@H]2C3)c2c(C)noc2n1. The van der Waals surface area contributed by atoms with Crippen LogP contribution < -0.4 is 5.32 Å². The second-order valence-electron chi connectivity index (χ2n) is 6.51. The Labute approximate surface area is 128 Å². The highest BCUT2D eigenvalue weighted by molar-refractivity contribution is 6.06. The van der Waals surface area contributed by atoms with Gasteiger partial charge in [-0.1, -0.05) is 17.3 Å². The molecule has 5 heteroatoms. The molecule has 2 aliphatic rings. The maximum Gasteiger partial charge on any atom is 0.258 e. The topological polar surface area (TPSA) is 68.0 Å². The van der Waals surface area contributed by atoms with Gasteiger partial charge in [-0.3, -0.25) is 4.79 Å². The molecule has 0 unspecified atom stereocenters. The molecule has 2 bridgehead atoms. The van der Waals surface area contributed by atoms with E-state index in [4.69, 9.17) is 4.52 Å². The number of fused-ring (bicyclic) bond motifs is 3. The van der Waals surface area contributed by atoms with E-state index in [9.17, 15) is 4.79 Å². The second-order valence-corrected chi connectivity index (χ2v) is 6.51. The molecule has 2 aliphatic carbocycles. The molecule has 3 atom stereocenters. The van der Waals surface area contributed by atoms with Crippen molar-refractivity contribution < 1.29 is 9.32 Å². The molecule has 1 N–H and O–H groups in total. The number of hydrogen-bond donors (Lipinski definition) is 1. The molecule has 1 amide bonds. The molecule has 0 aromatic carbocycles. The minimum atomic E-state index is -0.0615. The van der Waals surface area contributed by atoms with Crippen molar-refractivity contribution in [2.45, 2.75) is 26.7 Å². The van der Waals surface area contributed by atoms with Gasteiger partial charge in [0.1, 0.15) is 0 Å². The van der Waals surface area contributed by atoms with Crippen molar-refractivity contribution >= 4 is 17.0 Å². The van der Waals surface area contributed by atoms with Crippen LogP contribution in [0.4, 0.5) is 0 Å². The van der Waals surface area contributed by atoms with Crippen LogP contribution in [0.25, 0.3) is 11.1 Å². The number of allylic oxidation sites excluding steroid dienone is 2. The van der Waals surface area contributed by atoms with Crippen LogP contribution in [0, 0.1) is 31.6 Å². The molecule has 114 valence electrons. The molecular weight excluding hydrogens is 278 g/mol. The lowest BCUT2D eigenvalue weighted by molar-refractivity contribution is 0.0946. The van der Waals surface area contributed by atoms with Crippen molar-refractivity contribution in [1.82, 2.24) is 15.5 Å². The van der Waals surface area contributed by atoms with Gasteiger partial charge >= 0.3 is 0 Å². The summed E-state index contributed by atoms with van der Waals surface area (Å²) in [5.74, 6) is 1.87. The number of amides is 1. The van der Waals surface area contributed by atoms with Crippen molar-refractivity contribution in [3.8, 4) is 0 Å². The van der Waals surface area contributed by atoms with Gasteiger partial charge in [-0.2, -0.15) is 0 Å². The summed E-state index contributed by atoms with van der Waals surface area (Å²) in [6, 6.07) is 1.81. The lowest BCUT2D eigenvalue weighted by Crippen LogP contribution is -2.31. The summed E-state index contributed by atoms with van der Waals surface area (Å²) in [4.78, 5) is 16.9. The third kappa shape index (κ3) is 2.12. The summed E-state index contributed by atoms with van der Waals surface area (Å²) in [6.07, 6.45) is 7.08. The van der Waals surface area contributed by atoms with E-state index in [0.717, 1.165) is 23.5 Å². The van der Waals surface area contributed by atoms with Crippen molar-refractivity contribution in [2.24, 2.45) is 17.8 Å². The van der Waals surface area contributed by atoms with E-state index >= 15 is 0 Å². The highest BCUT2D eigenvalue weighted by Crippen LogP contribution is 2.43. The molecule has 2 aromatic rings. The third-order valence-corrected chi connectivity index (χ3v) is 4.93. The number of rotatable bonds is 3. The minimum Gasteiger partial charge on any atom is -0.352 e. The van der Waals surface area contributed by atoms with Crippen molar-refractivity contribution in [3.05, 3.63) is 35.2 Å². The lowest BCUT2D eigenvalue weighted by Gasteiger charge is -2.18. The van der Waals surface area contributed by atoms with Gasteiger partial charge in [0, 0.05) is 12.2 Å². The number of aryl methyl sites for hydroxylation is 2. The molecule has 4 rings (SSSR count). The summed E-state index contributed by atoms with van der Waals surface area (Å²) >= 11 is 0. The molecule has 0 spiro atoms. The van der Waals surface area contributed by atoms with E-state index < -0.39 is 0 Å². The van der Waals surface area contributed by atoms with Crippen LogP contribution in [0.2, 0.25) is 0 Å². The van der Waals surface area contributed by atoms with Crippen LogP contribution >= 0.6 is 0 Å². The Morgan fingerprint density at radius 1 is 1.36 bits per heavy atom. The number of carbonyl (C=O) groups excluding carboxylic acids is 1. The summed E-state index contributed by atoms with van der Waals surface area (Å²) in [5.41, 5.74) is 2.51. The summed E-state index contributed by atoms with van der Waals surface area (Å²) in [7, 11) is 0. The first-order valence-electron chi connectivity index (χ1n) is 7.82. The summed E-state index contributed by atoms with van der Waals surface area (Å²) < 4.78 is 5.19. The van der Waals surface area contributed by atoms with Crippen LogP contribution in [0.3, 0.4) is 0 Å². The predicted molar refractivity (Wildman–Crippen MR) is 82.5 cm³/mol. The average Bonchev–Trinajstić information content (AvgIpc) is 3.20. The van der Waals surface area contributed by atoms with Gasteiger partial charge in [-0.25, -0.2) is 4.98 Å². The first kappa shape index (κ1) is 13.5. The Morgan fingerprint density at radius 3 is 2.95 bits per heavy atom. The molecule has 2 aromatic heterocycles. The van der Waals surface area contributed by atoms with Gasteiger partial charge in [0.05, 0.1) is 16.6 Å². The van der Waals surface area contributed by atoms with E-state index in [1.807, 2.05) is 19.9 Å². The van der Waals surface area contributed by atoms with Gasteiger partial charge in [-0.05, 0) is 50.5 Å². The van der Waals surface area contributed by atoms with Gasteiger partial charge in [0.2, 0.25) is 0 Å². The molecule has 2 heterocycles. The van der Waals surface area contributed by atoms with Gasteiger partial charge < -0.3 is 9.84 Å². The van der Waals surface area contributed by atoms with Crippen LogP contribution in [-0.2, 0) is 0 Å². The highest BCUT2D eigenvalue weighted by atomic mass is 16.5. The fourth-order valence-electron chi connectivity index (χ4n) is 3.85. The van der Waals surface area contributed by atoms with E-state index in [1.54, 1.807) is 0 Å². The maximum atomic E-state index is 12.6. The Kier molecular flexibility index (Phi) is 3.03.